The van der Waals surface area contributed by atoms with Gasteiger partial charge in [-0.05, 0) is 33.4 Å². The summed E-state index contributed by atoms with van der Waals surface area (Å²) in [4.78, 5) is 9.44. The number of Topliss-reactive ketones (excluding diaryl/α,β-unsaturated/α-hetero) is 1. The lowest BCUT2D eigenvalue weighted by atomic mass is 10.4. The molecule has 0 aliphatic carbocycles. The summed E-state index contributed by atoms with van der Waals surface area (Å²) in [6.07, 6.45) is 0.944. The lowest BCUT2D eigenvalue weighted by Crippen LogP contribution is -2.06. The summed E-state index contributed by atoms with van der Waals surface area (Å²) in [6.45, 7) is 4.49. The van der Waals surface area contributed by atoms with E-state index in [1.807, 2.05) is 0 Å². The largest absolute Gasteiger partial charge is 0.330 e. The van der Waals surface area contributed by atoms with Crippen LogP contribution < -0.4 is 11.5 Å². The van der Waals surface area contributed by atoms with Crippen LogP contribution in [-0.2, 0) is 4.79 Å². The monoisotopic (exact) mass is 132 g/mol. The molecule has 0 saturated carbocycles. The lowest BCUT2D eigenvalue weighted by molar-refractivity contribution is -0.114. The first kappa shape index (κ1) is 11.4. The van der Waals surface area contributed by atoms with Gasteiger partial charge in [-0.15, -0.1) is 0 Å². The van der Waals surface area contributed by atoms with E-state index in [1.165, 1.54) is 13.8 Å². The van der Waals surface area contributed by atoms with Crippen LogP contribution in [0.3, 0.4) is 0 Å². The molecule has 0 radical (unpaired) electrons. The van der Waals surface area contributed by atoms with Gasteiger partial charge >= 0.3 is 0 Å². The van der Waals surface area contributed by atoms with Gasteiger partial charge in [0.2, 0.25) is 0 Å². The van der Waals surface area contributed by atoms with Crippen LogP contribution in [0.15, 0.2) is 0 Å². The quantitative estimate of drug-likeness (QED) is 0.550. The van der Waals surface area contributed by atoms with Crippen molar-refractivity contribution >= 4 is 5.78 Å². The van der Waals surface area contributed by atoms with Crippen molar-refractivity contribution in [1.29, 1.82) is 0 Å². The minimum absolute atomic E-state index is 0.167. The molecule has 0 aliphatic heterocycles. The van der Waals surface area contributed by atoms with Gasteiger partial charge < -0.3 is 16.3 Å². The average molecular weight is 132 g/mol. The highest BCUT2D eigenvalue weighted by atomic mass is 16.1. The molecule has 0 aromatic heterocycles. The molecule has 0 bridgehead atoms. The molecule has 0 unspecified atom stereocenters. The van der Waals surface area contributed by atoms with Crippen molar-refractivity contribution in [1.82, 2.24) is 0 Å². The first-order valence-corrected chi connectivity index (χ1v) is 3.02. The molecule has 56 valence electrons. The second-order valence-corrected chi connectivity index (χ2v) is 1.84. The van der Waals surface area contributed by atoms with Crippen molar-refractivity contribution in [3.05, 3.63) is 0 Å². The fourth-order valence-electron chi connectivity index (χ4n) is 0.118. The van der Waals surface area contributed by atoms with E-state index in [1.54, 1.807) is 0 Å². The van der Waals surface area contributed by atoms with Crippen LogP contribution in [0, 0.1) is 0 Å². The average Bonchev–Trinajstić information content (AvgIpc) is 1.66. The van der Waals surface area contributed by atoms with Gasteiger partial charge in [0.15, 0.2) is 0 Å². The van der Waals surface area contributed by atoms with Gasteiger partial charge in [0.05, 0.1) is 0 Å². The smallest absolute Gasteiger partial charge is 0.126 e. The van der Waals surface area contributed by atoms with Crippen molar-refractivity contribution in [2.75, 3.05) is 13.1 Å². The Bertz CT molecular complexity index is 58.1. The number of nitrogens with two attached hydrogens (primary N) is 2. The minimum Gasteiger partial charge on any atom is -0.330 e. The Hall–Kier alpha value is -0.410. The highest BCUT2D eigenvalue weighted by molar-refractivity contribution is 5.72. The Labute approximate surface area is 56.4 Å². The van der Waals surface area contributed by atoms with Crippen LogP contribution in [0.5, 0.6) is 0 Å². The maximum Gasteiger partial charge on any atom is 0.126 e. The molecule has 9 heavy (non-hydrogen) atoms. The molecule has 3 heteroatoms. The van der Waals surface area contributed by atoms with Crippen LogP contribution in [-0.4, -0.2) is 18.9 Å². The van der Waals surface area contributed by atoms with Crippen LogP contribution >= 0.6 is 0 Å². The molecule has 0 aromatic carbocycles. The summed E-state index contributed by atoms with van der Waals surface area (Å²) in [6, 6.07) is 0. The third-order valence-corrected chi connectivity index (χ3v) is 0.408. The topological polar surface area (TPSA) is 69.1 Å². The molecule has 0 aromatic rings. The van der Waals surface area contributed by atoms with E-state index >= 15 is 0 Å². The first-order chi connectivity index (χ1) is 4.15. The predicted molar refractivity (Wildman–Crippen MR) is 39.1 cm³/mol. The minimum atomic E-state index is 0.167. The second kappa shape index (κ2) is 10.5. The molecule has 0 heterocycles. The van der Waals surface area contributed by atoms with Gasteiger partial charge in [-0.2, -0.15) is 0 Å². The van der Waals surface area contributed by atoms with Crippen molar-refractivity contribution in [2.24, 2.45) is 11.5 Å². The van der Waals surface area contributed by atoms with Crippen LogP contribution in [0.4, 0.5) is 0 Å². The standard InChI is InChI=1S/C3H10N2.C3H6O/c4-2-1-3-5;1-3(2)4/h1-5H2;1-2H3. The van der Waals surface area contributed by atoms with E-state index in [0.29, 0.717) is 0 Å². The van der Waals surface area contributed by atoms with Gasteiger partial charge in [0.25, 0.3) is 0 Å². The Morgan fingerprint density at radius 3 is 1.44 bits per heavy atom. The third-order valence-electron chi connectivity index (χ3n) is 0.408. The van der Waals surface area contributed by atoms with Crippen LogP contribution in [0.25, 0.3) is 0 Å². The maximum absolute atomic E-state index is 9.44. The summed E-state index contributed by atoms with van der Waals surface area (Å²) in [5, 5.41) is 0. The lowest BCUT2D eigenvalue weighted by Gasteiger charge is -1.81. The molecular formula is C6H16N2O. The Morgan fingerprint density at radius 1 is 1.22 bits per heavy atom. The fraction of sp³-hybridized carbons (Fsp3) is 0.833. The van der Waals surface area contributed by atoms with E-state index < -0.39 is 0 Å². The number of ketones is 1. The Balaban J connectivity index is 0. The van der Waals surface area contributed by atoms with E-state index in [9.17, 15) is 4.79 Å². The van der Waals surface area contributed by atoms with Gasteiger partial charge in [0, 0.05) is 0 Å². The zero-order chi connectivity index (χ0) is 7.70. The van der Waals surface area contributed by atoms with E-state index in [0.717, 1.165) is 19.5 Å². The van der Waals surface area contributed by atoms with Crippen molar-refractivity contribution < 1.29 is 4.79 Å². The SMILES string of the molecule is CC(C)=O.NCCCN. The van der Waals surface area contributed by atoms with E-state index in [4.69, 9.17) is 11.5 Å². The molecule has 3 nitrogen and oxygen atoms in total. The summed E-state index contributed by atoms with van der Waals surface area (Å²) in [5.74, 6) is 0.167. The van der Waals surface area contributed by atoms with Crippen molar-refractivity contribution in [3.8, 4) is 0 Å². The number of hydrogen-bond acceptors (Lipinski definition) is 3. The second-order valence-electron chi connectivity index (χ2n) is 1.84. The number of rotatable bonds is 2. The summed E-state index contributed by atoms with van der Waals surface area (Å²) in [7, 11) is 0. The first-order valence-electron chi connectivity index (χ1n) is 3.02. The zero-order valence-corrected chi connectivity index (χ0v) is 6.18. The molecule has 0 spiro atoms. The van der Waals surface area contributed by atoms with Gasteiger partial charge in [-0.1, -0.05) is 0 Å². The molecule has 4 N–H and O–H groups in total. The van der Waals surface area contributed by atoms with Crippen LogP contribution in [0.1, 0.15) is 20.3 Å². The molecule has 0 amide bonds. The van der Waals surface area contributed by atoms with Gasteiger partial charge in [-0.3, -0.25) is 0 Å². The molecule has 0 rings (SSSR count). The van der Waals surface area contributed by atoms with E-state index in [-0.39, 0.29) is 5.78 Å². The molecule has 0 aliphatic rings. The van der Waals surface area contributed by atoms with Crippen LogP contribution in [0.2, 0.25) is 0 Å². The molecular weight excluding hydrogens is 116 g/mol. The molecule has 0 saturated heterocycles. The van der Waals surface area contributed by atoms with E-state index in [2.05, 4.69) is 0 Å². The highest BCUT2D eigenvalue weighted by Gasteiger charge is 1.67. The Morgan fingerprint density at radius 2 is 1.44 bits per heavy atom. The number of carbonyl (C=O) groups excluding carboxylic acids is 1. The third kappa shape index (κ3) is 93.8. The molecule has 0 atom stereocenters. The predicted octanol–water partition coefficient (Wildman–Crippen LogP) is -0.111. The molecule has 0 fully saturated rings. The Kier molecular flexibility index (Phi) is 13.4. The van der Waals surface area contributed by atoms with Gasteiger partial charge in [-0.25, -0.2) is 0 Å². The summed E-state index contributed by atoms with van der Waals surface area (Å²) in [5.41, 5.74) is 10.1. The maximum atomic E-state index is 9.44. The van der Waals surface area contributed by atoms with Crippen molar-refractivity contribution in [2.45, 2.75) is 20.3 Å². The number of hydrogen-bond donors (Lipinski definition) is 2. The fourth-order valence-corrected chi connectivity index (χ4v) is 0.118. The summed E-state index contributed by atoms with van der Waals surface area (Å²) >= 11 is 0. The normalized spacial score (nSPS) is 7.56. The van der Waals surface area contributed by atoms with Gasteiger partial charge in [0.1, 0.15) is 5.78 Å². The summed E-state index contributed by atoms with van der Waals surface area (Å²) < 4.78 is 0. The zero-order valence-electron chi connectivity index (χ0n) is 6.18. The highest BCUT2D eigenvalue weighted by Crippen LogP contribution is 1.58. The van der Waals surface area contributed by atoms with Crippen molar-refractivity contribution in [3.63, 3.8) is 0 Å². The number of carbonyl (C=O) groups is 1.